The standard InChI is InChI=1S/C12H21N5/c13-11-16-4-3-12(14,17-11)10-2-1-8-6-15-7-9(8)5-10/h3-4,8-10,15H,1-2,5-7,14H2,(H3,13,16,17). The Hall–Kier alpha value is -1.07. The summed E-state index contributed by atoms with van der Waals surface area (Å²) in [6.45, 7) is 2.32. The van der Waals surface area contributed by atoms with Crippen LogP contribution in [0.5, 0.6) is 0 Å². The molecule has 1 aliphatic carbocycles. The zero-order valence-corrected chi connectivity index (χ0v) is 10.0. The Morgan fingerprint density at radius 2 is 2.12 bits per heavy atom. The van der Waals surface area contributed by atoms with Crippen molar-refractivity contribution in [2.75, 3.05) is 13.1 Å². The SMILES string of the molecule is NC1=NC(N)(C2CCC3CNCC3C2)C=CN1. The van der Waals surface area contributed by atoms with Gasteiger partial charge in [0.25, 0.3) is 0 Å². The molecular weight excluding hydrogens is 214 g/mol. The topological polar surface area (TPSA) is 88.5 Å². The van der Waals surface area contributed by atoms with Gasteiger partial charge in [0.15, 0.2) is 5.96 Å². The summed E-state index contributed by atoms with van der Waals surface area (Å²) in [7, 11) is 0. The van der Waals surface area contributed by atoms with Crippen LogP contribution >= 0.6 is 0 Å². The fourth-order valence-corrected chi connectivity index (χ4v) is 3.49. The molecule has 4 atom stereocenters. The Morgan fingerprint density at radius 3 is 2.94 bits per heavy atom. The van der Waals surface area contributed by atoms with Crippen LogP contribution in [0.3, 0.4) is 0 Å². The average molecular weight is 235 g/mol. The van der Waals surface area contributed by atoms with Crippen molar-refractivity contribution in [2.45, 2.75) is 24.9 Å². The van der Waals surface area contributed by atoms with Gasteiger partial charge in [0, 0.05) is 12.1 Å². The van der Waals surface area contributed by atoms with E-state index in [1.807, 2.05) is 12.3 Å². The molecule has 6 N–H and O–H groups in total. The molecule has 0 aromatic heterocycles. The number of aliphatic imine (C=N–C) groups is 1. The Balaban J connectivity index is 1.76. The second kappa shape index (κ2) is 3.99. The fourth-order valence-electron chi connectivity index (χ4n) is 3.49. The van der Waals surface area contributed by atoms with E-state index in [2.05, 4.69) is 15.6 Å². The van der Waals surface area contributed by atoms with Gasteiger partial charge >= 0.3 is 0 Å². The molecule has 4 unspecified atom stereocenters. The first-order valence-corrected chi connectivity index (χ1v) is 6.46. The Morgan fingerprint density at radius 1 is 1.29 bits per heavy atom. The molecule has 2 aliphatic heterocycles. The van der Waals surface area contributed by atoms with Crippen molar-refractivity contribution in [3.05, 3.63) is 12.3 Å². The smallest absolute Gasteiger partial charge is 0.194 e. The van der Waals surface area contributed by atoms with Gasteiger partial charge in [0.1, 0.15) is 5.66 Å². The van der Waals surface area contributed by atoms with E-state index in [9.17, 15) is 0 Å². The van der Waals surface area contributed by atoms with Gasteiger partial charge < -0.3 is 22.1 Å². The minimum atomic E-state index is -0.594. The molecule has 0 amide bonds. The third-order valence-electron chi connectivity index (χ3n) is 4.50. The third kappa shape index (κ3) is 1.93. The van der Waals surface area contributed by atoms with Crippen LogP contribution in [0, 0.1) is 17.8 Å². The van der Waals surface area contributed by atoms with E-state index in [1.165, 1.54) is 13.0 Å². The molecule has 1 saturated heterocycles. The molecule has 0 spiro atoms. The highest BCUT2D eigenvalue weighted by Crippen LogP contribution is 2.41. The van der Waals surface area contributed by atoms with Crippen molar-refractivity contribution in [2.24, 2.45) is 34.2 Å². The molecule has 17 heavy (non-hydrogen) atoms. The predicted molar refractivity (Wildman–Crippen MR) is 68.0 cm³/mol. The second-order valence-electron chi connectivity index (χ2n) is 5.55. The van der Waals surface area contributed by atoms with Gasteiger partial charge in [-0.05, 0) is 50.3 Å². The molecule has 2 heterocycles. The highest BCUT2D eigenvalue weighted by molar-refractivity contribution is 5.80. The Labute approximate surface area is 102 Å². The van der Waals surface area contributed by atoms with Gasteiger partial charge in [-0.15, -0.1) is 0 Å². The Bertz CT molecular complexity index is 364. The molecular formula is C12H21N5. The number of hydrogen-bond acceptors (Lipinski definition) is 5. The van der Waals surface area contributed by atoms with Crippen LogP contribution in [0.4, 0.5) is 0 Å². The van der Waals surface area contributed by atoms with Gasteiger partial charge in [0.05, 0.1) is 0 Å². The molecule has 5 heteroatoms. The number of hydrogen-bond donors (Lipinski definition) is 4. The quantitative estimate of drug-likeness (QED) is 0.503. The Kier molecular flexibility index (Phi) is 2.60. The molecule has 5 nitrogen and oxygen atoms in total. The predicted octanol–water partition coefficient (Wildman–Crippen LogP) is -0.291. The number of guanidine groups is 1. The van der Waals surface area contributed by atoms with Crippen LogP contribution < -0.4 is 22.1 Å². The molecule has 0 bridgehead atoms. The zero-order chi connectivity index (χ0) is 11.9. The van der Waals surface area contributed by atoms with Gasteiger partial charge in [-0.3, -0.25) is 0 Å². The lowest BCUT2D eigenvalue weighted by atomic mass is 9.71. The second-order valence-corrected chi connectivity index (χ2v) is 5.55. The normalized spacial score (nSPS) is 45.0. The lowest BCUT2D eigenvalue weighted by Crippen LogP contribution is -2.51. The van der Waals surface area contributed by atoms with Crippen LogP contribution in [-0.2, 0) is 0 Å². The van der Waals surface area contributed by atoms with Crippen molar-refractivity contribution >= 4 is 5.96 Å². The third-order valence-corrected chi connectivity index (χ3v) is 4.50. The monoisotopic (exact) mass is 235 g/mol. The molecule has 94 valence electrons. The molecule has 0 radical (unpaired) electrons. The van der Waals surface area contributed by atoms with Crippen molar-refractivity contribution < 1.29 is 0 Å². The summed E-state index contributed by atoms with van der Waals surface area (Å²) in [6, 6.07) is 0. The van der Waals surface area contributed by atoms with Crippen LogP contribution in [0.1, 0.15) is 19.3 Å². The first-order valence-electron chi connectivity index (χ1n) is 6.46. The highest BCUT2D eigenvalue weighted by Gasteiger charge is 2.42. The van der Waals surface area contributed by atoms with E-state index in [0.29, 0.717) is 11.9 Å². The lowest BCUT2D eigenvalue weighted by Gasteiger charge is -2.40. The summed E-state index contributed by atoms with van der Waals surface area (Å²) >= 11 is 0. The van der Waals surface area contributed by atoms with Crippen LogP contribution in [0.25, 0.3) is 0 Å². The van der Waals surface area contributed by atoms with Gasteiger partial charge in [-0.2, -0.15) is 0 Å². The summed E-state index contributed by atoms with van der Waals surface area (Å²) in [5.41, 5.74) is 11.5. The van der Waals surface area contributed by atoms with Crippen LogP contribution in [-0.4, -0.2) is 24.7 Å². The zero-order valence-electron chi connectivity index (χ0n) is 10.0. The van der Waals surface area contributed by atoms with Crippen molar-refractivity contribution in [3.8, 4) is 0 Å². The van der Waals surface area contributed by atoms with Crippen molar-refractivity contribution in [1.82, 2.24) is 10.6 Å². The average Bonchev–Trinajstić information content (AvgIpc) is 2.75. The summed E-state index contributed by atoms with van der Waals surface area (Å²) in [5, 5.41) is 6.35. The number of nitrogens with two attached hydrogens (primary N) is 2. The van der Waals surface area contributed by atoms with E-state index in [-0.39, 0.29) is 0 Å². The van der Waals surface area contributed by atoms with Crippen LogP contribution in [0.15, 0.2) is 17.3 Å². The van der Waals surface area contributed by atoms with E-state index in [4.69, 9.17) is 11.5 Å². The minimum absolute atomic E-state index is 0.417. The molecule has 2 fully saturated rings. The summed E-state index contributed by atoms with van der Waals surface area (Å²) < 4.78 is 0. The van der Waals surface area contributed by atoms with E-state index in [0.717, 1.165) is 31.2 Å². The summed E-state index contributed by atoms with van der Waals surface area (Å²) in [4.78, 5) is 4.41. The van der Waals surface area contributed by atoms with Gasteiger partial charge in [-0.1, -0.05) is 0 Å². The molecule has 0 aromatic carbocycles. The summed E-state index contributed by atoms with van der Waals surface area (Å²) in [5.74, 6) is 2.47. The van der Waals surface area contributed by atoms with Crippen molar-refractivity contribution in [3.63, 3.8) is 0 Å². The number of rotatable bonds is 1. The van der Waals surface area contributed by atoms with Gasteiger partial charge in [-0.25, -0.2) is 4.99 Å². The van der Waals surface area contributed by atoms with Crippen LogP contribution in [0.2, 0.25) is 0 Å². The fraction of sp³-hybridized carbons (Fsp3) is 0.750. The maximum atomic E-state index is 6.39. The van der Waals surface area contributed by atoms with Gasteiger partial charge in [0.2, 0.25) is 0 Å². The first kappa shape index (κ1) is 11.0. The van der Waals surface area contributed by atoms with E-state index >= 15 is 0 Å². The summed E-state index contributed by atoms with van der Waals surface area (Å²) in [6.07, 6.45) is 7.35. The molecule has 3 rings (SSSR count). The number of nitrogens with one attached hydrogen (secondary N) is 2. The number of nitrogens with zero attached hydrogens (tertiary/aromatic N) is 1. The minimum Gasteiger partial charge on any atom is -0.370 e. The maximum absolute atomic E-state index is 6.39. The van der Waals surface area contributed by atoms with Crippen molar-refractivity contribution in [1.29, 1.82) is 0 Å². The van der Waals surface area contributed by atoms with E-state index < -0.39 is 5.66 Å². The molecule has 3 aliphatic rings. The largest absolute Gasteiger partial charge is 0.370 e. The molecule has 1 saturated carbocycles. The first-order chi connectivity index (χ1) is 8.17. The lowest BCUT2D eigenvalue weighted by molar-refractivity contribution is 0.170. The van der Waals surface area contributed by atoms with E-state index in [1.54, 1.807) is 0 Å². The highest BCUT2D eigenvalue weighted by atomic mass is 15.2. The number of fused-ring (bicyclic) bond motifs is 1. The molecule has 0 aromatic rings. The maximum Gasteiger partial charge on any atom is 0.194 e.